The van der Waals surface area contributed by atoms with Crippen LogP contribution < -0.4 is 5.32 Å². The lowest BCUT2D eigenvalue weighted by molar-refractivity contribution is 0.0697. The van der Waals surface area contributed by atoms with Crippen molar-refractivity contribution in [3.05, 3.63) is 63.4 Å². The summed E-state index contributed by atoms with van der Waals surface area (Å²) < 4.78 is 13.7. The Bertz CT molecular complexity index is 734. The molecule has 108 valence electrons. The monoisotopic (exact) mass is 327 g/mol. The number of para-hydroxylation sites is 1. The van der Waals surface area contributed by atoms with E-state index >= 15 is 0 Å². The maximum Gasteiger partial charge on any atom is 0.337 e. The topological polar surface area (TPSA) is 66.4 Å². The lowest BCUT2D eigenvalue weighted by atomic mass is 10.1. The minimum absolute atomic E-state index is 0.00452. The van der Waals surface area contributed by atoms with Crippen LogP contribution in [0.3, 0.4) is 0 Å². The van der Waals surface area contributed by atoms with Crippen LogP contribution in [0.2, 0.25) is 10.0 Å². The molecule has 2 N–H and O–H groups in total. The fourth-order valence-electron chi connectivity index (χ4n) is 1.69. The van der Waals surface area contributed by atoms with Crippen LogP contribution in [-0.4, -0.2) is 17.0 Å². The SMILES string of the molecule is O=C(Nc1c(F)cccc1C(=O)O)c1cccc(Cl)c1Cl. The van der Waals surface area contributed by atoms with Crippen molar-refractivity contribution in [2.75, 3.05) is 5.32 Å². The molecule has 0 atom stereocenters. The first-order valence-corrected chi connectivity index (χ1v) is 6.44. The summed E-state index contributed by atoms with van der Waals surface area (Å²) in [5.41, 5.74) is -0.767. The molecule has 0 aliphatic rings. The highest BCUT2D eigenvalue weighted by atomic mass is 35.5. The molecule has 2 aromatic rings. The molecular weight excluding hydrogens is 320 g/mol. The second-order valence-electron chi connectivity index (χ2n) is 4.02. The highest BCUT2D eigenvalue weighted by Gasteiger charge is 2.19. The van der Waals surface area contributed by atoms with E-state index in [0.717, 1.165) is 6.07 Å². The first-order chi connectivity index (χ1) is 9.91. The molecular formula is C14H8Cl2FNO3. The number of benzene rings is 2. The number of hydrogen-bond donors (Lipinski definition) is 2. The van der Waals surface area contributed by atoms with Crippen LogP contribution in [0.1, 0.15) is 20.7 Å². The largest absolute Gasteiger partial charge is 0.478 e. The molecule has 0 saturated carbocycles. The normalized spacial score (nSPS) is 10.2. The smallest absolute Gasteiger partial charge is 0.337 e. The Balaban J connectivity index is 2.41. The number of anilines is 1. The zero-order chi connectivity index (χ0) is 15.6. The molecule has 0 bridgehead atoms. The van der Waals surface area contributed by atoms with Gasteiger partial charge >= 0.3 is 5.97 Å². The third-order valence-corrected chi connectivity index (χ3v) is 3.50. The van der Waals surface area contributed by atoms with E-state index in [9.17, 15) is 14.0 Å². The molecule has 0 aliphatic heterocycles. The summed E-state index contributed by atoms with van der Waals surface area (Å²) in [6, 6.07) is 7.85. The summed E-state index contributed by atoms with van der Waals surface area (Å²) >= 11 is 11.7. The average Bonchev–Trinajstić information content (AvgIpc) is 2.43. The number of carboxylic acid groups (broad SMARTS) is 1. The van der Waals surface area contributed by atoms with Gasteiger partial charge in [0.1, 0.15) is 5.82 Å². The number of carbonyl (C=O) groups excluding carboxylic acids is 1. The van der Waals surface area contributed by atoms with Crippen molar-refractivity contribution in [3.8, 4) is 0 Å². The second kappa shape index (κ2) is 6.11. The molecule has 1 amide bonds. The van der Waals surface area contributed by atoms with E-state index in [1.807, 2.05) is 0 Å². The van der Waals surface area contributed by atoms with E-state index in [1.165, 1.54) is 30.3 Å². The van der Waals surface area contributed by atoms with Crippen LogP contribution in [0.25, 0.3) is 0 Å². The summed E-state index contributed by atoms with van der Waals surface area (Å²) in [5, 5.41) is 11.4. The molecule has 4 nitrogen and oxygen atoms in total. The van der Waals surface area contributed by atoms with Gasteiger partial charge in [0.25, 0.3) is 5.91 Å². The van der Waals surface area contributed by atoms with Crippen molar-refractivity contribution in [3.63, 3.8) is 0 Å². The third-order valence-electron chi connectivity index (χ3n) is 2.68. The summed E-state index contributed by atoms with van der Waals surface area (Å²) in [7, 11) is 0. The van der Waals surface area contributed by atoms with Gasteiger partial charge in [0.15, 0.2) is 0 Å². The van der Waals surface area contributed by atoms with E-state index in [0.29, 0.717) is 0 Å². The number of nitrogens with one attached hydrogen (secondary N) is 1. The first kappa shape index (κ1) is 15.3. The van der Waals surface area contributed by atoms with Gasteiger partial charge in [0, 0.05) is 0 Å². The highest BCUT2D eigenvalue weighted by molar-refractivity contribution is 6.44. The quantitative estimate of drug-likeness (QED) is 0.892. The van der Waals surface area contributed by atoms with Gasteiger partial charge in [-0.25, -0.2) is 9.18 Å². The molecule has 0 unspecified atom stereocenters. The molecule has 0 saturated heterocycles. The number of hydrogen-bond acceptors (Lipinski definition) is 2. The minimum atomic E-state index is -1.36. The van der Waals surface area contributed by atoms with Gasteiger partial charge in [0.2, 0.25) is 0 Å². The van der Waals surface area contributed by atoms with Crippen LogP contribution in [-0.2, 0) is 0 Å². The van der Waals surface area contributed by atoms with Gasteiger partial charge in [0.05, 0.1) is 26.9 Å². The third kappa shape index (κ3) is 3.15. The Hall–Kier alpha value is -2.11. The molecule has 0 radical (unpaired) electrons. The molecule has 0 aromatic heterocycles. The Morgan fingerprint density at radius 2 is 1.67 bits per heavy atom. The average molecular weight is 328 g/mol. The van der Waals surface area contributed by atoms with E-state index in [1.54, 1.807) is 0 Å². The van der Waals surface area contributed by atoms with Crippen molar-refractivity contribution in [2.24, 2.45) is 0 Å². The molecule has 2 rings (SSSR count). The van der Waals surface area contributed by atoms with Gasteiger partial charge in [-0.2, -0.15) is 0 Å². The van der Waals surface area contributed by atoms with Crippen molar-refractivity contribution in [2.45, 2.75) is 0 Å². The molecule has 2 aromatic carbocycles. The molecule has 0 aliphatic carbocycles. The van der Waals surface area contributed by atoms with Crippen LogP contribution >= 0.6 is 23.2 Å². The van der Waals surface area contributed by atoms with Crippen molar-refractivity contribution < 1.29 is 19.1 Å². The van der Waals surface area contributed by atoms with Gasteiger partial charge < -0.3 is 10.4 Å². The van der Waals surface area contributed by atoms with Crippen LogP contribution in [0.4, 0.5) is 10.1 Å². The molecule has 0 heterocycles. The second-order valence-corrected chi connectivity index (χ2v) is 4.81. The fraction of sp³-hybridized carbons (Fsp3) is 0. The number of carboxylic acids is 1. The maximum atomic E-state index is 13.7. The zero-order valence-electron chi connectivity index (χ0n) is 10.4. The summed E-state index contributed by atoms with van der Waals surface area (Å²) in [6.07, 6.45) is 0. The molecule has 21 heavy (non-hydrogen) atoms. The fourth-order valence-corrected chi connectivity index (χ4v) is 2.08. The van der Waals surface area contributed by atoms with E-state index in [4.69, 9.17) is 28.3 Å². The molecule has 7 heteroatoms. The number of carbonyl (C=O) groups is 2. The number of aromatic carboxylic acids is 1. The number of halogens is 3. The Morgan fingerprint density at radius 3 is 2.33 bits per heavy atom. The summed E-state index contributed by atoms with van der Waals surface area (Å²) in [4.78, 5) is 23.1. The summed E-state index contributed by atoms with van der Waals surface area (Å²) in [5.74, 6) is -2.97. The van der Waals surface area contributed by atoms with Crippen molar-refractivity contribution in [1.82, 2.24) is 0 Å². The zero-order valence-corrected chi connectivity index (χ0v) is 11.9. The van der Waals surface area contributed by atoms with Crippen molar-refractivity contribution >= 4 is 40.8 Å². The van der Waals surface area contributed by atoms with E-state index < -0.39 is 23.4 Å². The number of rotatable bonds is 3. The van der Waals surface area contributed by atoms with Gasteiger partial charge in [-0.05, 0) is 24.3 Å². The van der Waals surface area contributed by atoms with Crippen LogP contribution in [0.5, 0.6) is 0 Å². The lowest BCUT2D eigenvalue weighted by Gasteiger charge is -2.10. The molecule has 0 fully saturated rings. The Morgan fingerprint density at radius 1 is 1.05 bits per heavy atom. The predicted molar refractivity (Wildman–Crippen MR) is 77.8 cm³/mol. The van der Waals surface area contributed by atoms with E-state index in [2.05, 4.69) is 5.32 Å². The summed E-state index contributed by atoms with van der Waals surface area (Å²) in [6.45, 7) is 0. The highest BCUT2D eigenvalue weighted by Crippen LogP contribution is 2.27. The molecule has 0 spiro atoms. The first-order valence-electron chi connectivity index (χ1n) is 5.69. The van der Waals surface area contributed by atoms with E-state index in [-0.39, 0.29) is 21.2 Å². The lowest BCUT2D eigenvalue weighted by Crippen LogP contribution is -2.16. The van der Waals surface area contributed by atoms with Crippen LogP contribution in [0.15, 0.2) is 36.4 Å². The minimum Gasteiger partial charge on any atom is -0.478 e. The standard InChI is InChI=1S/C14H8Cl2FNO3/c15-9-5-1-3-7(11(9)16)13(19)18-12-8(14(20)21)4-2-6-10(12)17/h1-6H,(H,18,19)(H,20,21). The van der Waals surface area contributed by atoms with Gasteiger partial charge in [-0.15, -0.1) is 0 Å². The maximum absolute atomic E-state index is 13.7. The van der Waals surface area contributed by atoms with Gasteiger partial charge in [-0.3, -0.25) is 4.79 Å². The Labute approximate surface area is 129 Å². The van der Waals surface area contributed by atoms with Crippen molar-refractivity contribution in [1.29, 1.82) is 0 Å². The number of amides is 1. The van der Waals surface area contributed by atoms with Gasteiger partial charge in [-0.1, -0.05) is 35.3 Å². The predicted octanol–water partition coefficient (Wildman–Crippen LogP) is 4.08. The van der Waals surface area contributed by atoms with Crippen LogP contribution in [0, 0.1) is 5.82 Å². The Kier molecular flexibility index (Phi) is 4.45.